The lowest BCUT2D eigenvalue weighted by Crippen LogP contribution is -2.27. The van der Waals surface area contributed by atoms with Crippen LogP contribution in [-0.2, 0) is 4.79 Å². The number of carbonyl (C=O) groups is 2. The van der Waals surface area contributed by atoms with Crippen molar-refractivity contribution < 1.29 is 23.9 Å². The molecular weight excluding hydrogens is 426 g/mol. The molecule has 0 spiro atoms. The molecule has 1 aliphatic rings. The van der Waals surface area contributed by atoms with Crippen LogP contribution in [0.15, 0.2) is 70.0 Å². The van der Waals surface area contributed by atoms with Crippen molar-refractivity contribution in [2.24, 2.45) is 0 Å². The number of para-hydroxylation sites is 1. The molecule has 1 fully saturated rings. The van der Waals surface area contributed by atoms with E-state index in [0.717, 1.165) is 28.8 Å². The fraction of sp³-hybridized carbons (Fsp3) is 0. The first-order valence-corrected chi connectivity index (χ1v) is 9.53. The molecule has 154 valence electrons. The second kappa shape index (κ2) is 7.88. The van der Waals surface area contributed by atoms with Crippen molar-refractivity contribution in [1.82, 2.24) is 0 Å². The molecule has 0 bridgehead atoms. The SMILES string of the molecule is O=C1S/C(=C\c2ccc(-c3ccc([N+](=O)[O-])cc3[N+](=O)[O-])o2)C(=O)N1c1ccccc1. The van der Waals surface area contributed by atoms with Crippen molar-refractivity contribution in [2.45, 2.75) is 0 Å². The number of benzene rings is 2. The van der Waals surface area contributed by atoms with Crippen molar-refractivity contribution in [3.05, 3.63) is 91.6 Å². The lowest BCUT2D eigenvalue weighted by atomic mass is 10.1. The van der Waals surface area contributed by atoms with Crippen LogP contribution in [0, 0.1) is 20.2 Å². The van der Waals surface area contributed by atoms with Crippen LogP contribution in [-0.4, -0.2) is 21.0 Å². The zero-order chi connectivity index (χ0) is 22.1. The second-order valence-corrected chi connectivity index (χ2v) is 7.26. The highest BCUT2D eigenvalue weighted by Crippen LogP contribution is 2.38. The highest BCUT2D eigenvalue weighted by atomic mass is 32.2. The quantitative estimate of drug-likeness (QED) is 0.309. The number of furan rings is 1. The Balaban J connectivity index is 1.65. The van der Waals surface area contributed by atoms with Crippen LogP contribution >= 0.6 is 11.8 Å². The number of hydrogen-bond donors (Lipinski definition) is 0. The minimum absolute atomic E-state index is 0.0487. The van der Waals surface area contributed by atoms with E-state index < -0.39 is 32.4 Å². The first kappa shape index (κ1) is 20.0. The van der Waals surface area contributed by atoms with Gasteiger partial charge in [-0.3, -0.25) is 29.8 Å². The van der Waals surface area contributed by atoms with Gasteiger partial charge in [0.15, 0.2) is 0 Å². The number of thioether (sulfide) groups is 1. The van der Waals surface area contributed by atoms with E-state index in [1.54, 1.807) is 30.3 Å². The van der Waals surface area contributed by atoms with Gasteiger partial charge in [0.25, 0.3) is 22.5 Å². The maximum absolute atomic E-state index is 12.7. The Hall–Kier alpha value is -4.25. The Morgan fingerprint density at radius 3 is 2.35 bits per heavy atom. The first-order valence-electron chi connectivity index (χ1n) is 8.71. The van der Waals surface area contributed by atoms with Crippen molar-refractivity contribution >= 4 is 46.0 Å². The summed E-state index contributed by atoms with van der Waals surface area (Å²) in [7, 11) is 0. The maximum atomic E-state index is 12.7. The Morgan fingerprint density at radius 2 is 1.68 bits per heavy atom. The van der Waals surface area contributed by atoms with Gasteiger partial charge in [-0.2, -0.15) is 0 Å². The normalized spacial score (nSPS) is 15.0. The molecule has 11 heteroatoms. The van der Waals surface area contributed by atoms with Gasteiger partial charge in [0.2, 0.25) is 0 Å². The van der Waals surface area contributed by atoms with Gasteiger partial charge >= 0.3 is 0 Å². The summed E-state index contributed by atoms with van der Waals surface area (Å²) in [6.45, 7) is 0. The summed E-state index contributed by atoms with van der Waals surface area (Å²) in [5.74, 6) is -0.225. The van der Waals surface area contributed by atoms with Crippen molar-refractivity contribution in [3.63, 3.8) is 0 Å². The number of amides is 2. The fourth-order valence-electron chi connectivity index (χ4n) is 2.96. The maximum Gasteiger partial charge on any atom is 0.298 e. The number of nitro benzene ring substituents is 2. The van der Waals surface area contributed by atoms with E-state index in [4.69, 9.17) is 4.42 Å². The van der Waals surface area contributed by atoms with E-state index in [2.05, 4.69) is 0 Å². The molecule has 1 aliphatic heterocycles. The molecule has 0 atom stereocenters. The predicted molar refractivity (Wildman–Crippen MR) is 112 cm³/mol. The molecule has 2 aromatic carbocycles. The van der Waals surface area contributed by atoms with Crippen molar-refractivity contribution in [3.8, 4) is 11.3 Å². The monoisotopic (exact) mass is 437 g/mol. The summed E-state index contributed by atoms with van der Waals surface area (Å²) in [6, 6.07) is 14.6. The molecule has 31 heavy (non-hydrogen) atoms. The molecule has 10 nitrogen and oxygen atoms in total. The molecule has 2 amide bonds. The van der Waals surface area contributed by atoms with Gasteiger partial charge in [0.1, 0.15) is 11.5 Å². The summed E-state index contributed by atoms with van der Waals surface area (Å²) in [6.07, 6.45) is 1.37. The van der Waals surface area contributed by atoms with Gasteiger partial charge in [-0.1, -0.05) is 18.2 Å². The van der Waals surface area contributed by atoms with Crippen LogP contribution in [0.25, 0.3) is 17.4 Å². The Kier molecular flexibility index (Phi) is 5.09. The van der Waals surface area contributed by atoms with E-state index in [0.29, 0.717) is 5.69 Å². The lowest BCUT2D eigenvalue weighted by molar-refractivity contribution is -0.393. The number of imide groups is 1. The number of nitro groups is 2. The third-order valence-corrected chi connectivity index (χ3v) is 5.23. The van der Waals surface area contributed by atoms with Crippen LogP contribution in [0.4, 0.5) is 21.9 Å². The zero-order valence-electron chi connectivity index (χ0n) is 15.5. The highest BCUT2D eigenvalue weighted by molar-refractivity contribution is 8.19. The lowest BCUT2D eigenvalue weighted by Gasteiger charge is -2.11. The molecule has 0 aliphatic carbocycles. The van der Waals surface area contributed by atoms with Gasteiger partial charge < -0.3 is 4.42 Å². The van der Waals surface area contributed by atoms with Gasteiger partial charge in [-0.05, 0) is 42.1 Å². The summed E-state index contributed by atoms with van der Waals surface area (Å²) in [5, 5.41) is 21.8. The van der Waals surface area contributed by atoms with Crippen LogP contribution < -0.4 is 4.90 Å². The molecule has 1 aromatic heterocycles. The van der Waals surface area contributed by atoms with Crippen LogP contribution in [0.2, 0.25) is 0 Å². The number of rotatable bonds is 5. The van der Waals surface area contributed by atoms with E-state index >= 15 is 0 Å². The number of hydrogen-bond acceptors (Lipinski definition) is 8. The summed E-state index contributed by atoms with van der Waals surface area (Å²) in [5.41, 5.74) is -0.418. The van der Waals surface area contributed by atoms with Gasteiger partial charge in [0.05, 0.1) is 32.1 Å². The molecule has 0 radical (unpaired) electrons. The molecule has 1 saturated heterocycles. The van der Waals surface area contributed by atoms with Gasteiger partial charge in [0, 0.05) is 12.1 Å². The van der Waals surface area contributed by atoms with Crippen molar-refractivity contribution in [2.75, 3.05) is 4.90 Å². The van der Waals surface area contributed by atoms with Gasteiger partial charge in [-0.15, -0.1) is 0 Å². The third-order valence-electron chi connectivity index (χ3n) is 4.36. The standard InChI is InChI=1S/C20H11N3O7S/c24-19-18(31-20(25)21(19)12-4-2-1-3-5-12)11-14-7-9-17(30-14)15-8-6-13(22(26)27)10-16(15)23(28)29/h1-11H/b18-11-. The van der Waals surface area contributed by atoms with Crippen LogP contribution in [0.5, 0.6) is 0 Å². The number of nitrogens with zero attached hydrogens (tertiary/aromatic N) is 3. The topological polar surface area (TPSA) is 137 Å². The molecule has 0 N–H and O–H groups in total. The van der Waals surface area contributed by atoms with E-state index in [1.807, 2.05) is 0 Å². The number of carbonyl (C=O) groups excluding carboxylic acids is 2. The van der Waals surface area contributed by atoms with E-state index in [1.165, 1.54) is 24.3 Å². The predicted octanol–water partition coefficient (Wildman–Crippen LogP) is 5.00. The number of non-ortho nitro benzene ring substituents is 1. The Morgan fingerprint density at radius 1 is 0.935 bits per heavy atom. The molecule has 3 aromatic rings. The van der Waals surface area contributed by atoms with Crippen LogP contribution in [0.3, 0.4) is 0 Å². The minimum Gasteiger partial charge on any atom is -0.456 e. The molecule has 2 heterocycles. The Labute approximate surface area is 178 Å². The molecular formula is C20H11N3O7S. The van der Waals surface area contributed by atoms with Crippen molar-refractivity contribution in [1.29, 1.82) is 0 Å². The molecule has 0 unspecified atom stereocenters. The van der Waals surface area contributed by atoms with Gasteiger partial charge in [-0.25, -0.2) is 4.90 Å². The summed E-state index contributed by atoms with van der Waals surface area (Å²) >= 11 is 0.745. The highest BCUT2D eigenvalue weighted by Gasteiger charge is 2.36. The number of anilines is 1. The fourth-order valence-corrected chi connectivity index (χ4v) is 3.79. The second-order valence-electron chi connectivity index (χ2n) is 6.27. The average Bonchev–Trinajstić information content (AvgIpc) is 3.32. The minimum atomic E-state index is -0.740. The summed E-state index contributed by atoms with van der Waals surface area (Å²) < 4.78 is 5.60. The smallest absolute Gasteiger partial charge is 0.298 e. The average molecular weight is 437 g/mol. The first-order chi connectivity index (χ1) is 14.8. The van der Waals surface area contributed by atoms with E-state index in [9.17, 15) is 29.8 Å². The molecule has 0 saturated carbocycles. The third kappa shape index (κ3) is 3.81. The summed E-state index contributed by atoms with van der Waals surface area (Å²) in [4.78, 5) is 46.9. The van der Waals surface area contributed by atoms with E-state index in [-0.39, 0.29) is 22.0 Å². The zero-order valence-corrected chi connectivity index (χ0v) is 16.3. The van der Waals surface area contributed by atoms with Crippen LogP contribution in [0.1, 0.15) is 5.76 Å². The Bertz CT molecular complexity index is 1270. The molecule has 4 rings (SSSR count). The largest absolute Gasteiger partial charge is 0.456 e.